The van der Waals surface area contributed by atoms with Crippen molar-refractivity contribution in [3.05, 3.63) is 26.1 Å². The summed E-state index contributed by atoms with van der Waals surface area (Å²) in [5, 5.41) is 3.21. The molecule has 2 heterocycles. The third-order valence-corrected chi connectivity index (χ3v) is 5.55. The molecule has 0 atom stereocenters. The van der Waals surface area contributed by atoms with Crippen LogP contribution in [0.2, 0.25) is 0 Å². The largest absolute Gasteiger partial charge is 0.378 e. The van der Waals surface area contributed by atoms with E-state index in [-0.39, 0.29) is 0 Å². The minimum atomic E-state index is 0.474. The molecule has 0 unspecified atom stereocenters. The molecule has 0 amide bonds. The van der Waals surface area contributed by atoms with E-state index in [0.717, 1.165) is 31.2 Å². The number of nitrogens with one attached hydrogen (secondary N) is 1. The molecule has 0 aliphatic rings. The van der Waals surface area contributed by atoms with Crippen LogP contribution in [-0.2, 0) is 11.3 Å². The SMILES string of the molecule is CCNc1cc(COC)nc(-c2cc(Br)c(Br)s2)n1. The summed E-state index contributed by atoms with van der Waals surface area (Å²) >= 11 is 8.56. The van der Waals surface area contributed by atoms with Crippen molar-refractivity contribution >= 4 is 49.0 Å². The van der Waals surface area contributed by atoms with Gasteiger partial charge in [-0.3, -0.25) is 0 Å². The summed E-state index contributed by atoms with van der Waals surface area (Å²) in [5.74, 6) is 1.53. The van der Waals surface area contributed by atoms with E-state index in [9.17, 15) is 0 Å². The number of anilines is 1. The van der Waals surface area contributed by atoms with Gasteiger partial charge < -0.3 is 10.1 Å². The van der Waals surface area contributed by atoms with Gasteiger partial charge in [-0.1, -0.05) is 0 Å². The average Bonchev–Trinajstić information content (AvgIpc) is 2.70. The van der Waals surface area contributed by atoms with Gasteiger partial charge in [-0.2, -0.15) is 0 Å². The summed E-state index contributed by atoms with van der Waals surface area (Å²) < 4.78 is 7.20. The van der Waals surface area contributed by atoms with Gasteiger partial charge in [0.05, 0.1) is 21.0 Å². The van der Waals surface area contributed by atoms with Crippen LogP contribution in [0.5, 0.6) is 0 Å². The molecule has 0 radical (unpaired) electrons. The number of nitrogens with zero attached hydrogens (tertiary/aromatic N) is 2. The number of hydrogen-bond acceptors (Lipinski definition) is 5. The standard InChI is InChI=1S/C12H13Br2N3OS/c1-3-15-10-4-7(6-18-2)16-12(17-10)9-5-8(13)11(14)19-9/h4-5H,3,6H2,1-2H3,(H,15,16,17). The lowest BCUT2D eigenvalue weighted by Crippen LogP contribution is -2.04. The molecule has 0 saturated carbocycles. The summed E-state index contributed by atoms with van der Waals surface area (Å²) in [6.07, 6.45) is 0. The van der Waals surface area contributed by atoms with E-state index in [4.69, 9.17) is 4.74 Å². The summed E-state index contributed by atoms with van der Waals surface area (Å²) in [6, 6.07) is 3.92. The van der Waals surface area contributed by atoms with Crippen LogP contribution in [0.3, 0.4) is 0 Å². The van der Waals surface area contributed by atoms with Crippen molar-refractivity contribution in [1.29, 1.82) is 0 Å². The van der Waals surface area contributed by atoms with E-state index in [0.29, 0.717) is 12.4 Å². The highest BCUT2D eigenvalue weighted by Crippen LogP contribution is 2.37. The Morgan fingerprint density at radius 3 is 2.68 bits per heavy atom. The molecule has 0 aromatic carbocycles. The van der Waals surface area contributed by atoms with E-state index in [1.54, 1.807) is 18.4 Å². The fourth-order valence-electron chi connectivity index (χ4n) is 1.56. The molecule has 102 valence electrons. The first-order chi connectivity index (χ1) is 9.13. The highest BCUT2D eigenvalue weighted by atomic mass is 79.9. The Morgan fingerprint density at radius 1 is 1.32 bits per heavy atom. The Balaban J connectivity index is 2.42. The predicted octanol–water partition coefficient (Wildman–Crippen LogP) is 4.31. The summed E-state index contributed by atoms with van der Waals surface area (Å²) in [7, 11) is 1.66. The van der Waals surface area contributed by atoms with E-state index < -0.39 is 0 Å². The number of rotatable bonds is 5. The molecule has 1 N–H and O–H groups in total. The zero-order chi connectivity index (χ0) is 13.8. The Hall–Kier alpha value is -0.500. The van der Waals surface area contributed by atoms with Crippen LogP contribution in [0.4, 0.5) is 5.82 Å². The summed E-state index contributed by atoms with van der Waals surface area (Å²) in [5.41, 5.74) is 0.865. The van der Waals surface area contributed by atoms with Gasteiger partial charge >= 0.3 is 0 Å². The van der Waals surface area contributed by atoms with Gasteiger partial charge in [-0.25, -0.2) is 9.97 Å². The van der Waals surface area contributed by atoms with Gasteiger partial charge in [-0.05, 0) is 44.8 Å². The van der Waals surface area contributed by atoms with Crippen LogP contribution >= 0.6 is 43.2 Å². The fraction of sp³-hybridized carbons (Fsp3) is 0.333. The van der Waals surface area contributed by atoms with Crippen LogP contribution in [0.15, 0.2) is 20.4 Å². The highest BCUT2D eigenvalue weighted by molar-refractivity contribution is 9.13. The minimum Gasteiger partial charge on any atom is -0.378 e. The highest BCUT2D eigenvalue weighted by Gasteiger charge is 2.11. The lowest BCUT2D eigenvalue weighted by molar-refractivity contribution is 0.181. The second kappa shape index (κ2) is 6.78. The van der Waals surface area contributed by atoms with Crippen LogP contribution in [0.25, 0.3) is 10.7 Å². The third kappa shape index (κ3) is 3.75. The molecular formula is C12H13Br2N3OS. The van der Waals surface area contributed by atoms with Gasteiger partial charge in [0, 0.05) is 24.2 Å². The molecular weight excluding hydrogens is 394 g/mol. The second-order valence-corrected chi connectivity index (χ2v) is 6.99. The molecule has 2 aromatic rings. The number of ether oxygens (including phenoxy) is 1. The first-order valence-corrected chi connectivity index (χ1v) is 8.10. The Morgan fingerprint density at radius 2 is 2.11 bits per heavy atom. The number of halogens is 2. The first-order valence-electron chi connectivity index (χ1n) is 5.70. The lowest BCUT2D eigenvalue weighted by atomic mass is 10.3. The summed E-state index contributed by atoms with van der Waals surface area (Å²) in [6.45, 7) is 3.33. The number of methoxy groups -OCH3 is 1. The quantitative estimate of drug-likeness (QED) is 0.803. The minimum absolute atomic E-state index is 0.474. The van der Waals surface area contributed by atoms with Crippen molar-refractivity contribution in [3.63, 3.8) is 0 Å². The Kier molecular flexibility index (Phi) is 5.32. The zero-order valence-electron chi connectivity index (χ0n) is 10.5. The molecule has 0 bridgehead atoms. The predicted molar refractivity (Wildman–Crippen MR) is 85.6 cm³/mol. The third-order valence-electron chi connectivity index (χ3n) is 2.29. The van der Waals surface area contributed by atoms with E-state index in [1.165, 1.54) is 0 Å². The molecule has 2 rings (SSSR count). The van der Waals surface area contributed by atoms with Crippen LogP contribution in [-0.4, -0.2) is 23.6 Å². The Labute approximate surface area is 132 Å². The van der Waals surface area contributed by atoms with E-state index in [2.05, 4.69) is 47.1 Å². The molecule has 0 aliphatic heterocycles. The average molecular weight is 407 g/mol. The number of hydrogen-bond donors (Lipinski definition) is 1. The smallest absolute Gasteiger partial charge is 0.172 e. The van der Waals surface area contributed by atoms with Gasteiger partial charge in [0.25, 0.3) is 0 Å². The molecule has 7 heteroatoms. The number of thiophene rings is 1. The topological polar surface area (TPSA) is 47.0 Å². The van der Waals surface area contributed by atoms with E-state index >= 15 is 0 Å². The van der Waals surface area contributed by atoms with Crippen LogP contribution < -0.4 is 5.32 Å². The molecule has 0 saturated heterocycles. The van der Waals surface area contributed by atoms with Crippen molar-refractivity contribution in [2.45, 2.75) is 13.5 Å². The molecule has 4 nitrogen and oxygen atoms in total. The molecule has 0 spiro atoms. The van der Waals surface area contributed by atoms with Crippen molar-refractivity contribution in [1.82, 2.24) is 9.97 Å². The first kappa shape index (κ1) is 14.9. The van der Waals surface area contributed by atoms with Crippen molar-refractivity contribution in [2.24, 2.45) is 0 Å². The zero-order valence-corrected chi connectivity index (χ0v) is 14.5. The summed E-state index contributed by atoms with van der Waals surface area (Å²) in [4.78, 5) is 10.1. The number of aromatic nitrogens is 2. The van der Waals surface area contributed by atoms with Crippen molar-refractivity contribution in [3.8, 4) is 10.7 Å². The Bertz CT molecular complexity index is 530. The fourth-order valence-corrected chi connectivity index (χ4v) is 3.53. The molecule has 0 fully saturated rings. The van der Waals surface area contributed by atoms with E-state index in [1.807, 2.05) is 19.1 Å². The maximum Gasteiger partial charge on any atom is 0.172 e. The molecule has 19 heavy (non-hydrogen) atoms. The molecule has 2 aromatic heterocycles. The molecule has 0 aliphatic carbocycles. The maximum absolute atomic E-state index is 5.15. The van der Waals surface area contributed by atoms with Gasteiger partial charge in [0.2, 0.25) is 0 Å². The van der Waals surface area contributed by atoms with Gasteiger partial charge in [0.15, 0.2) is 5.82 Å². The van der Waals surface area contributed by atoms with Crippen molar-refractivity contribution in [2.75, 3.05) is 19.0 Å². The van der Waals surface area contributed by atoms with Crippen LogP contribution in [0, 0.1) is 0 Å². The van der Waals surface area contributed by atoms with Gasteiger partial charge in [0.1, 0.15) is 5.82 Å². The lowest BCUT2D eigenvalue weighted by Gasteiger charge is -2.07. The second-order valence-electron chi connectivity index (χ2n) is 3.76. The monoisotopic (exact) mass is 405 g/mol. The van der Waals surface area contributed by atoms with Gasteiger partial charge in [-0.15, -0.1) is 11.3 Å². The van der Waals surface area contributed by atoms with Crippen molar-refractivity contribution < 1.29 is 4.74 Å². The van der Waals surface area contributed by atoms with Crippen LogP contribution in [0.1, 0.15) is 12.6 Å². The maximum atomic E-state index is 5.15. The normalized spacial score (nSPS) is 10.7.